The molecule has 2 aromatic carbocycles. The second-order valence-corrected chi connectivity index (χ2v) is 10.2. The summed E-state index contributed by atoms with van der Waals surface area (Å²) in [5.41, 5.74) is 1.69. The van der Waals surface area contributed by atoms with Crippen LogP contribution in [0, 0.1) is 0 Å². The Kier molecular flexibility index (Phi) is 8.00. The van der Waals surface area contributed by atoms with Crippen molar-refractivity contribution in [2.24, 2.45) is 4.99 Å². The third kappa shape index (κ3) is 5.75. The highest BCUT2D eigenvalue weighted by Crippen LogP contribution is 2.25. The number of carbonyl (C=O) groups excluding carboxylic acids is 1. The van der Waals surface area contributed by atoms with E-state index in [4.69, 9.17) is 4.74 Å². The number of thioether (sulfide) groups is 2. The molecule has 29 heavy (non-hydrogen) atoms. The lowest BCUT2D eigenvalue weighted by Crippen LogP contribution is -2.19. The van der Waals surface area contributed by atoms with Crippen molar-refractivity contribution in [3.63, 3.8) is 0 Å². The topological polar surface area (TPSA) is 43.6 Å². The smallest absolute Gasteiger partial charge is 0.279 e. The number of nitrogens with zero attached hydrogens (tertiary/aromatic N) is 2. The lowest BCUT2D eigenvalue weighted by molar-refractivity contribution is 0.0996. The number of hydrogen-bond acceptors (Lipinski definition) is 5. The van der Waals surface area contributed by atoms with Crippen LogP contribution in [0.15, 0.2) is 57.2 Å². The fourth-order valence-corrected chi connectivity index (χ4v) is 5.33. The second-order valence-electron chi connectivity index (χ2n) is 6.67. The van der Waals surface area contributed by atoms with E-state index in [2.05, 4.69) is 47.9 Å². The number of aromatic nitrogens is 1. The number of amides is 1. The molecule has 7 heteroatoms. The van der Waals surface area contributed by atoms with Crippen LogP contribution in [0.1, 0.15) is 31.1 Å². The summed E-state index contributed by atoms with van der Waals surface area (Å²) in [6, 6.07) is 14.1. The molecule has 0 saturated carbocycles. The summed E-state index contributed by atoms with van der Waals surface area (Å²) in [6.45, 7) is 8.23. The molecule has 0 aliphatic rings. The summed E-state index contributed by atoms with van der Waals surface area (Å²) < 4.78 is 8.75. The van der Waals surface area contributed by atoms with Crippen molar-refractivity contribution in [1.29, 1.82) is 0 Å². The van der Waals surface area contributed by atoms with Crippen LogP contribution in [0.3, 0.4) is 0 Å². The van der Waals surface area contributed by atoms with Gasteiger partial charge in [0.1, 0.15) is 0 Å². The number of rotatable bonds is 8. The third-order valence-corrected chi connectivity index (χ3v) is 7.01. The van der Waals surface area contributed by atoms with E-state index in [0.29, 0.717) is 35.4 Å². The summed E-state index contributed by atoms with van der Waals surface area (Å²) in [5.74, 6) is -0.215. The summed E-state index contributed by atoms with van der Waals surface area (Å²) in [5, 5.41) is 0.510. The van der Waals surface area contributed by atoms with Crippen LogP contribution >= 0.6 is 34.9 Å². The minimum atomic E-state index is -0.215. The van der Waals surface area contributed by atoms with E-state index in [1.54, 1.807) is 34.9 Å². The van der Waals surface area contributed by atoms with Crippen LogP contribution in [0.4, 0.5) is 0 Å². The maximum Gasteiger partial charge on any atom is 0.279 e. The molecule has 0 aliphatic heterocycles. The largest absolute Gasteiger partial charge is 0.380 e. The molecule has 4 nitrogen and oxygen atoms in total. The first-order chi connectivity index (χ1) is 14.0. The van der Waals surface area contributed by atoms with Gasteiger partial charge in [0.15, 0.2) is 4.80 Å². The quantitative estimate of drug-likeness (QED) is 0.329. The highest BCUT2D eigenvalue weighted by molar-refractivity contribution is 8.00. The molecule has 3 rings (SSSR count). The molecule has 0 spiro atoms. The van der Waals surface area contributed by atoms with Crippen LogP contribution in [0.5, 0.6) is 0 Å². The first-order valence-electron chi connectivity index (χ1n) is 9.62. The van der Waals surface area contributed by atoms with Crippen LogP contribution in [0.2, 0.25) is 0 Å². The van der Waals surface area contributed by atoms with Crippen LogP contribution in [-0.4, -0.2) is 35.2 Å². The predicted octanol–water partition coefficient (Wildman–Crippen LogP) is 5.70. The Hall–Kier alpha value is -1.54. The SMILES string of the molecule is CCOCCn1c(=NC(=O)c2ccc(SC(C)C)cc2)sc2cc(SC)ccc21. The minimum Gasteiger partial charge on any atom is -0.380 e. The molecule has 0 aliphatic carbocycles. The van der Waals surface area contributed by atoms with Gasteiger partial charge in [0.25, 0.3) is 5.91 Å². The van der Waals surface area contributed by atoms with Crippen molar-refractivity contribution in [3.8, 4) is 0 Å². The van der Waals surface area contributed by atoms with Crippen molar-refractivity contribution < 1.29 is 9.53 Å². The van der Waals surface area contributed by atoms with E-state index in [-0.39, 0.29) is 5.91 Å². The second kappa shape index (κ2) is 10.5. The monoisotopic (exact) mass is 446 g/mol. The molecule has 0 saturated heterocycles. The van der Waals surface area contributed by atoms with Crippen LogP contribution < -0.4 is 4.80 Å². The summed E-state index contributed by atoms with van der Waals surface area (Å²) >= 11 is 5.04. The standard InChI is InChI=1S/C22H26N2O2S3/c1-5-26-13-12-24-19-11-10-18(27-4)14-20(19)29-22(24)23-21(25)16-6-8-17(9-7-16)28-15(2)3/h6-11,14-15H,5,12-13H2,1-4H3. The Morgan fingerprint density at radius 2 is 1.90 bits per heavy atom. The van der Waals surface area contributed by atoms with Crippen molar-refractivity contribution in [2.75, 3.05) is 19.5 Å². The molecule has 0 unspecified atom stereocenters. The molecule has 0 bridgehead atoms. The highest BCUT2D eigenvalue weighted by Gasteiger charge is 2.10. The molecule has 0 N–H and O–H groups in total. The molecule has 0 radical (unpaired) electrons. The molecule has 154 valence electrons. The van der Waals surface area contributed by atoms with Gasteiger partial charge >= 0.3 is 0 Å². The first-order valence-corrected chi connectivity index (χ1v) is 12.5. The van der Waals surface area contributed by atoms with Crippen molar-refractivity contribution in [3.05, 3.63) is 52.8 Å². The summed E-state index contributed by atoms with van der Waals surface area (Å²) in [6.07, 6.45) is 2.06. The Balaban J connectivity index is 1.96. The molecule has 3 aromatic rings. The number of hydrogen-bond donors (Lipinski definition) is 0. The van der Waals surface area contributed by atoms with Gasteiger partial charge in [-0.3, -0.25) is 4.79 Å². The van der Waals surface area contributed by atoms with Crippen LogP contribution in [-0.2, 0) is 11.3 Å². The number of benzene rings is 2. The molecular formula is C22H26N2O2S3. The van der Waals surface area contributed by atoms with Gasteiger partial charge in [-0.1, -0.05) is 25.2 Å². The van der Waals surface area contributed by atoms with Gasteiger partial charge in [-0.2, -0.15) is 4.99 Å². The average Bonchev–Trinajstić information content (AvgIpc) is 3.04. The van der Waals surface area contributed by atoms with Gasteiger partial charge in [0.2, 0.25) is 0 Å². The normalized spacial score (nSPS) is 12.2. The van der Waals surface area contributed by atoms with E-state index < -0.39 is 0 Å². The molecular weight excluding hydrogens is 420 g/mol. The zero-order chi connectivity index (χ0) is 20.8. The van der Waals surface area contributed by atoms with Gasteiger partial charge in [-0.25, -0.2) is 0 Å². The van der Waals surface area contributed by atoms with Crippen molar-refractivity contribution in [1.82, 2.24) is 4.57 Å². The molecule has 1 aromatic heterocycles. The van der Waals surface area contributed by atoms with Gasteiger partial charge in [-0.15, -0.1) is 23.5 Å². The number of ether oxygens (including phenoxy) is 1. The predicted molar refractivity (Wildman–Crippen MR) is 125 cm³/mol. The zero-order valence-corrected chi connectivity index (χ0v) is 19.6. The molecule has 1 heterocycles. The van der Waals surface area contributed by atoms with Gasteiger partial charge in [-0.05, 0) is 55.6 Å². The van der Waals surface area contributed by atoms with Crippen molar-refractivity contribution in [2.45, 2.75) is 42.4 Å². The highest BCUT2D eigenvalue weighted by atomic mass is 32.2. The maximum atomic E-state index is 12.8. The summed E-state index contributed by atoms with van der Waals surface area (Å²) in [7, 11) is 0. The van der Waals surface area contributed by atoms with Crippen molar-refractivity contribution >= 4 is 51.0 Å². The van der Waals surface area contributed by atoms with E-state index in [1.807, 2.05) is 31.2 Å². The lowest BCUT2D eigenvalue weighted by Gasteiger charge is -2.06. The fourth-order valence-electron chi connectivity index (χ4n) is 2.88. The molecule has 0 atom stereocenters. The Bertz CT molecular complexity index is 1040. The Labute approximate surface area is 184 Å². The maximum absolute atomic E-state index is 12.8. The van der Waals surface area contributed by atoms with Gasteiger partial charge in [0, 0.05) is 33.8 Å². The fraction of sp³-hybridized carbons (Fsp3) is 0.364. The van der Waals surface area contributed by atoms with Gasteiger partial charge < -0.3 is 9.30 Å². The number of thiazole rings is 1. The van der Waals surface area contributed by atoms with Crippen LogP contribution in [0.25, 0.3) is 10.2 Å². The lowest BCUT2D eigenvalue weighted by atomic mass is 10.2. The van der Waals surface area contributed by atoms with E-state index in [1.165, 1.54) is 4.90 Å². The molecule has 1 amide bonds. The van der Waals surface area contributed by atoms with E-state index in [9.17, 15) is 4.79 Å². The minimum absolute atomic E-state index is 0.215. The summed E-state index contributed by atoms with van der Waals surface area (Å²) in [4.78, 5) is 20.4. The Morgan fingerprint density at radius 3 is 2.55 bits per heavy atom. The molecule has 0 fully saturated rings. The average molecular weight is 447 g/mol. The van der Waals surface area contributed by atoms with E-state index >= 15 is 0 Å². The third-order valence-electron chi connectivity index (χ3n) is 4.22. The number of carbonyl (C=O) groups is 1. The number of fused-ring (bicyclic) bond motifs is 1. The zero-order valence-electron chi connectivity index (χ0n) is 17.2. The Morgan fingerprint density at radius 1 is 1.17 bits per heavy atom. The van der Waals surface area contributed by atoms with Gasteiger partial charge in [0.05, 0.1) is 16.8 Å². The first kappa shape index (κ1) is 22.2. The van der Waals surface area contributed by atoms with E-state index in [0.717, 1.165) is 15.1 Å².